The van der Waals surface area contributed by atoms with Gasteiger partial charge in [-0.05, 0) is 25.1 Å². The molecule has 1 aliphatic rings. The number of phenolic OH excluding ortho intramolecular Hbond substituents is 1. The molecule has 1 aromatic carbocycles. The van der Waals surface area contributed by atoms with E-state index in [-0.39, 0.29) is 31.5 Å². The maximum absolute atomic E-state index is 13.1. The van der Waals surface area contributed by atoms with Crippen molar-refractivity contribution in [3.63, 3.8) is 0 Å². The fraction of sp³-hybridized carbons (Fsp3) is 0.533. The molecule has 5 nitrogen and oxygen atoms in total. The molecule has 1 aliphatic heterocycles. The molecule has 0 unspecified atom stereocenters. The molecule has 23 heavy (non-hydrogen) atoms. The number of aromatic hydroxyl groups is 1. The minimum absolute atomic E-state index is 0.0108. The number of halogens is 3. The van der Waals surface area contributed by atoms with Crippen LogP contribution in [0.15, 0.2) is 18.2 Å². The first-order valence-electron chi connectivity index (χ1n) is 7.28. The maximum Gasteiger partial charge on any atom is 0.417 e. The summed E-state index contributed by atoms with van der Waals surface area (Å²) >= 11 is 0. The summed E-state index contributed by atoms with van der Waals surface area (Å²) in [5, 5.41) is 18.4. The molecule has 8 heteroatoms. The summed E-state index contributed by atoms with van der Waals surface area (Å²) in [4.78, 5) is 15.8. The van der Waals surface area contributed by atoms with Crippen LogP contribution in [0.2, 0.25) is 0 Å². The number of aliphatic hydroxyl groups excluding tert-OH is 1. The zero-order valence-corrected chi connectivity index (χ0v) is 12.7. The highest BCUT2D eigenvalue weighted by Gasteiger charge is 2.37. The molecule has 0 radical (unpaired) electrons. The average molecular weight is 332 g/mol. The number of carbonyl (C=O) groups is 1. The quantitative estimate of drug-likeness (QED) is 0.882. The number of piperazine rings is 1. The Morgan fingerprint density at radius 3 is 2.61 bits per heavy atom. The summed E-state index contributed by atoms with van der Waals surface area (Å²) in [6, 6.07) is 2.43. The number of alkyl halides is 3. The second kappa shape index (κ2) is 6.76. The number of β-amino-alcohol motifs (C(OH)–C–C–N with tert-alkyl or cyclic N) is 1. The first-order chi connectivity index (χ1) is 10.7. The molecule has 1 saturated heterocycles. The number of benzene rings is 1. The summed E-state index contributed by atoms with van der Waals surface area (Å²) in [5.74, 6) is -1.13. The Kier molecular flexibility index (Phi) is 5.16. The molecule has 0 spiro atoms. The number of carbonyl (C=O) groups excluding carboxylic acids is 1. The van der Waals surface area contributed by atoms with Crippen LogP contribution >= 0.6 is 0 Å². The lowest BCUT2D eigenvalue weighted by Gasteiger charge is -2.39. The second-order valence-electron chi connectivity index (χ2n) is 5.59. The van der Waals surface area contributed by atoms with Crippen molar-refractivity contribution >= 4 is 5.91 Å². The number of phenols is 1. The molecule has 1 atom stereocenters. The van der Waals surface area contributed by atoms with Crippen LogP contribution in [0.1, 0.15) is 22.8 Å². The fourth-order valence-electron chi connectivity index (χ4n) is 2.77. The Bertz CT molecular complexity index is 578. The van der Waals surface area contributed by atoms with Gasteiger partial charge in [0.15, 0.2) is 0 Å². The summed E-state index contributed by atoms with van der Waals surface area (Å²) in [5.41, 5.74) is -1.59. The first-order valence-corrected chi connectivity index (χ1v) is 7.28. The van der Waals surface area contributed by atoms with Crippen LogP contribution < -0.4 is 0 Å². The highest BCUT2D eigenvalue weighted by Crippen LogP contribution is 2.34. The molecule has 0 saturated carbocycles. The zero-order chi connectivity index (χ0) is 17.2. The minimum atomic E-state index is -4.66. The van der Waals surface area contributed by atoms with Crippen LogP contribution in [-0.2, 0) is 6.18 Å². The Hall–Kier alpha value is -1.80. The van der Waals surface area contributed by atoms with E-state index in [1.165, 1.54) is 4.90 Å². The topological polar surface area (TPSA) is 64.0 Å². The number of hydrogen-bond acceptors (Lipinski definition) is 4. The van der Waals surface area contributed by atoms with Crippen molar-refractivity contribution in [1.82, 2.24) is 9.80 Å². The molecule has 1 heterocycles. The van der Waals surface area contributed by atoms with E-state index in [4.69, 9.17) is 5.11 Å². The lowest BCUT2D eigenvalue weighted by atomic mass is 10.0. The van der Waals surface area contributed by atoms with Gasteiger partial charge in [0.2, 0.25) is 0 Å². The van der Waals surface area contributed by atoms with Crippen molar-refractivity contribution in [2.24, 2.45) is 0 Å². The normalized spacial score (nSPS) is 19.9. The molecule has 1 fully saturated rings. The molecule has 128 valence electrons. The van der Waals surface area contributed by atoms with Crippen molar-refractivity contribution in [2.75, 3.05) is 32.8 Å². The van der Waals surface area contributed by atoms with Gasteiger partial charge in [-0.3, -0.25) is 9.69 Å². The highest BCUT2D eigenvalue weighted by atomic mass is 19.4. The standard InChI is InChI=1S/C15H19F3N2O3/c1-10-9-20(5-4-19(10)6-7-21)14(23)12-8-11(22)2-3-13(12)15(16,17)18/h2-3,8,10,21-22H,4-7,9H2,1H3/t10-/m1/s1. The van der Waals surface area contributed by atoms with E-state index < -0.39 is 23.2 Å². The van der Waals surface area contributed by atoms with E-state index in [1.54, 1.807) is 0 Å². The fourth-order valence-corrected chi connectivity index (χ4v) is 2.77. The molecule has 0 aromatic heterocycles. The summed E-state index contributed by atoms with van der Waals surface area (Å²) in [7, 11) is 0. The van der Waals surface area contributed by atoms with E-state index in [1.807, 2.05) is 11.8 Å². The molecule has 1 aromatic rings. The highest BCUT2D eigenvalue weighted by molar-refractivity contribution is 5.96. The Morgan fingerprint density at radius 1 is 1.35 bits per heavy atom. The van der Waals surface area contributed by atoms with Crippen LogP contribution in [0.25, 0.3) is 0 Å². The molecule has 1 amide bonds. The molecule has 2 N–H and O–H groups in total. The van der Waals surface area contributed by atoms with E-state index in [0.29, 0.717) is 19.2 Å². The van der Waals surface area contributed by atoms with Crippen LogP contribution in [0.5, 0.6) is 5.75 Å². The number of hydrogen-bond donors (Lipinski definition) is 2. The van der Waals surface area contributed by atoms with Gasteiger partial charge in [0.25, 0.3) is 5.91 Å². The van der Waals surface area contributed by atoms with E-state index in [0.717, 1.165) is 12.1 Å². The van der Waals surface area contributed by atoms with Crippen molar-refractivity contribution in [1.29, 1.82) is 0 Å². The van der Waals surface area contributed by atoms with Crippen LogP contribution in [0.4, 0.5) is 13.2 Å². The van der Waals surface area contributed by atoms with E-state index in [2.05, 4.69) is 0 Å². The molecular formula is C15H19F3N2O3. The Labute approximate surface area is 131 Å². The smallest absolute Gasteiger partial charge is 0.417 e. The van der Waals surface area contributed by atoms with Gasteiger partial charge in [-0.1, -0.05) is 0 Å². The third-order valence-corrected chi connectivity index (χ3v) is 3.98. The summed E-state index contributed by atoms with van der Waals surface area (Å²) < 4.78 is 39.2. The van der Waals surface area contributed by atoms with Gasteiger partial charge in [0, 0.05) is 32.2 Å². The SMILES string of the molecule is C[C@@H]1CN(C(=O)c2cc(O)ccc2C(F)(F)F)CCN1CCO. The summed E-state index contributed by atoms with van der Waals surface area (Å²) in [6.45, 7) is 3.32. The minimum Gasteiger partial charge on any atom is -0.508 e. The summed E-state index contributed by atoms with van der Waals surface area (Å²) in [6.07, 6.45) is -4.66. The third-order valence-electron chi connectivity index (χ3n) is 3.98. The van der Waals surface area contributed by atoms with Crippen molar-refractivity contribution in [3.05, 3.63) is 29.3 Å². The number of amides is 1. The molecular weight excluding hydrogens is 313 g/mol. The van der Waals surface area contributed by atoms with Crippen LogP contribution in [0.3, 0.4) is 0 Å². The van der Waals surface area contributed by atoms with Crippen molar-refractivity contribution in [2.45, 2.75) is 19.1 Å². The van der Waals surface area contributed by atoms with Gasteiger partial charge in [0.1, 0.15) is 5.75 Å². The number of rotatable bonds is 3. The molecule has 0 aliphatic carbocycles. The van der Waals surface area contributed by atoms with E-state index >= 15 is 0 Å². The van der Waals surface area contributed by atoms with Gasteiger partial charge in [0.05, 0.1) is 17.7 Å². The number of nitrogens with zero attached hydrogens (tertiary/aromatic N) is 2. The lowest BCUT2D eigenvalue weighted by molar-refractivity contribution is -0.138. The third kappa shape index (κ3) is 3.94. The van der Waals surface area contributed by atoms with Crippen molar-refractivity contribution < 1.29 is 28.2 Å². The lowest BCUT2D eigenvalue weighted by Crippen LogP contribution is -2.54. The number of aliphatic hydroxyl groups is 1. The predicted octanol–water partition coefficient (Wildman–Crippen LogP) is 1.55. The van der Waals surface area contributed by atoms with Gasteiger partial charge in [-0.15, -0.1) is 0 Å². The van der Waals surface area contributed by atoms with Gasteiger partial charge < -0.3 is 15.1 Å². The van der Waals surface area contributed by atoms with Gasteiger partial charge in [-0.25, -0.2) is 0 Å². The van der Waals surface area contributed by atoms with Crippen molar-refractivity contribution in [3.8, 4) is 5.75 Å². The van der Waals surface area contributed by atoms with E-state index in [9.17, 15) is 23.1 Å². The molecule has 0 bridgehead atoms. The second-order valence-corrected chi connectivity index (χ2v) is 5.59. The monoisotopic (exact) mass is 332 g/mol. The average Bonchev–Trinajstić information content (AvgIpc) is 2.47. The van der Waals surface area contributed by atoms with Crippen LogP contribution in [-0.4, -0.2) is 64.7 Å². The Balaban J connectivity index is 2.23. The maximum atomic E-state index is 13.1. The zero-order valence-electron chi connectivity index (χ0n) is 12.7. The Morgan fingerprint density at radius 2 is 2.04 bits per heavy atom. The van der Waals surface area contributed by atoms with Crippen LogP contribution in [0, 0.1) is 0 Å². The first kappa shape index (κ1) is 17.6. The predicted molar refractivity (Wildman–Crippen MR) is 77.1 cm³/mol. The van der Waals surface area contributed by atoms with Gasteiger partial charge in [-0.2, -0.15) is 13.2 Å². The van der Waals surface area contributed by atoms with Gasteiger partial charge >= 0.3 is 6.18 Å². The largest absolute Gasteiger partial charge is 0.508 e. The molecule has 2 rings (SSSR count).